The van der Waals surface area contributed by atoms with Gasteiger partial charge in [0.2, 0.25) is 0 Å². The molecule has 0 amide bonds. The highest BCUT2D eigenvalue weighted by atomic mass is 16.6. The number of anilines is 9. The molecule has 0 saturated heterocycles. The van der Waals surface area contributed by atoms with Gasteiger partial charge >= 0.3 is 0 Å². The van der Waals surface area contributed by atoms with E-state index >= 15 is 0 Å². The Balaban J connectivity index is 1.07. The molecule has 0 saturated carbocycles. The summed E-state index contributed by atoms with van der Waals surface area (Å²) in [5.74, 6) is 3.78. The van der Waals surface area contributed by atoms with Gasteiger partial charge in [-0.1, -0.05) is 147 Å². The molecule has 5 heterocycles. The Morgan fingerprint density at radius 2 is 0.911 bits per heavy atom. The summed E-state index contributed by atoms with van der Waals surface area (Å²) in [6, 6.07) is 64.6. The lowest BCUT2D eigenvalue weighted by Gasteiger charge is -2.46. The Labute approximate surface area is 463 Å². The molecule has 10 aromatic rings. The van der Waals surface area contributed by atoms with E-state index in [2.05, 4.69) is 229 Å². The molecule has 0 N–H and O–H groups in total. The Morgan fingerprint density at radius 3 is 1.48 bits per heavy atom. The molecule has 392 valence electrons. The summed E-state index contributed by atoms with van der Waals surface area (Å²) >= 11 is 0. The number of ether oxygens (including phenoxy) is 4. The van der Waals surface area contributed by atoms with Crippen LogP contribution in [0.4, 0.5) is 51.2 Å². The van der Waals surface area contributed by atoms with Crippen molar-refractivity contribution >= 4 is 96.0 Å². The van der Waals surface area contributed by atoms with Crippen LogP contribution in [-0.4, -0.2) is 33.1 Å². The van der Waals surface area contributed by atoms with Crippen LogP contribution in [0.15, 0.2) is 180 Å². The van der Waals surface area contributed by atoms with E-state index in [1.165, 1.54) is 33.1 Å². The zero-order valence-corrected chi connectivity index (χ0v) is 46.5. The minimum atomic E-state index is -0.157. The van der Waals surface area contributed by atoms with E-state index in [-0.39, 0.29) is 23.0 Å². The van der Waals surface area contributed by atoms with Gasteiger partial charge in [-0.2, -0.15) is 0 Å². The third-order valence-corrected chi connectivity index (χ3v) is 16.4. The second-order valence-electron chi connectivity index (χ2n) is 24.7. The molecule has 8 nitrogen and oxygen atoms in total. The fourth-order valence-corrected chi connectivity index (χ4v) is 12.2. The standard InChI is InChI=1S/C70H64BN3O5/c1-68(2,3)47-23-28-50(29-24-47)72(51-27-22-43-36-46(21-20-44(43)37-51)64-38-45-14-10-11-17-61(45)79-64)52-41-59-65-60(42-52)74(58-16-13-19-63-67(58)78-35-33-76-63)56-31-26-49(70(7,8)9)40-54(56)71(65)53-39-48(69(4,5)6)25-30-55(53)73(59)57-15-12-18-62-66(57)77-34-32-75-62/h10-31,36-42H,32-35H2,1-9H3. The van der Waals surface area contributed by atoms with Gasteiger partial charge in [0, 0.05) is 45.1 Å². The zero-order valence-electron chi connectivity index (χ0n) is 46.5. The summed E-state index contributed by atoms with van der Waals surface area (Å²) in [4.78, 5) is 7.33. The third-order valence-electron chi connectivity index (χ3n) is 16.4. The van der Waals surface area contributed by atoms with Crippen molar-refractivity contribution in [3.8, 4) is 34.3 Å². The van der Waals surface area contributed by atoms with Gasteiger partial charge in [-0.15, -0.1) is 0 Å². The number of para-hydroxylation sites is 3. The monoisotopic (exact) mass is 1040 g/mol. The molecule has 4 aliphatic heterocycles. The Hall–Kier alpha value is -8.56. The molecule has 9 aromatic carbocycles. The molecule has 0 unspecified atom stereocenters. The van der Waals surface area contributed by atoms with Crippen molar-refractivity contribution in [3.05, 3.63) is 193 Å². The first-order valence-corrected chi connectivity index (χ1v) is 27.8. The molecule has 14 rings (SSSR count). The van der Waals surface area contributed by atoms with Crippen LogP contribution in [0.25, 0.3) is 33.1 Å². The van der Waals surface area contributed by atoms with Crippen LogP contribution < -0.4 is 50.0 Å². The highest BCUT2D eigenvalue weighted by Gasteiger charge is 2.46. The second kappa shape index (κ2) is 18.0. The number of fused-ring (bicyclic) bond motifs is 8. The minimum Gasteiger partial charge on any atom is -0.486 e. The van der Waals surface area contributed by atoms with E-state index in [1.807, 2.05) is 24.3 Å². The van der Waals surface area contributed by atoms with Crippen molar-refractivity contribution in [2.24, 2.45) is 0 Å². The minimum absolute atomic E-state index is 0.0441. The lowest BCUT2D eigenvalue weighted by molar-refractivity contribution is 0.172. The van der Waals surface area contributed by atoms with Crippen molar-refractivity contribution in [3.63, 3.8) is 0 Å². The number of benzene rings is 9. The summed E-state index contributed by atoms with van der Waals surface area (Å²) in [5, 5.41) is 3.32. The van der Waals surface area contributed by atoms with Gasteiger partial charge in [-0.3, -0.25) is 0 Å². The van der Waals surface area contributed by atoms with Crippen LogP contribution in [0.1, 0.15) is 79.0 Å². The number of hydrogen-bond donors (Lipinski definition) is 0. The lowest BCUT2D eigenvalue weighted by atomic mass is 9.33. The van der Waals surface area contributed by atoms with Crippen molar-refractivity contribution in [1.82, 2.24) is 0 Å². The molecule has 9 heteroatoms. The van der Waals surface area contributed by atoms with Gasteiger partial charge in [0.1, 0.15) is 37.8 Å². The lowest BCUT2D eigenvalue weighted by Crippen LogP contribution is -2.61. The average Bonchev–Trinajstić information content (AvgIpc) is 3.83. The summed E-state index contributed by atoms with van der Waals surface area (Å²) in [7, 11) is 0. The average molecular weight is 1040 g/mol. The smallest absolute Gasteiger partial charge is 0.252 e. The Morgan fingerprint density at radius 1 is 0.392 bits per heavy atom. The third kappa shape index (κ3) is 8.19. The number of nitrogens with zero attached hydrogens (tertiary/aromatic N) is 3. The maximum Gasteiger partial charge on any atom is 0.252 e. The Kier molecular flexibility index (Phi) is 11.1. The normalized spacial score (nSPS) is 14.5. The molecule has 79 heavy (non-hydrogen) atoms. The van der Waals surface area contributed by atoms with Gasteiger partial charge in [0.15, 0.2) is 23.0 Å². The molecule has 0 aliphatic carbocycles. The van der Waals surface area contributed by atoms with E-state index in [9.17, 15) is 0 Å². The van der Waals surface area contributed by atoms with Gasteiger partial charge in [0.05, 0.1) is 17.1 Å². The quantitative estimate of drug-likeness (QED) is 0.153. The van der Waals surface area contributed by atoms with Crippen LogP contribution in [-0.2, 0) is 16.2 Å². The van der Waals surface area contributed by atoms with Crippen LogP contribution in [0.3, 0.4) is 0 Å². The van der Waals surface area contributed by atoms with Gasteiger partial charge in [-0.25, -0.2) is 0 Å². The molecule has 1 aromatic heterocycles. The number of hydrogen-bond acceptors (Lipinski definition) is 8. The predicted molar refractivity (Wildman–Crippen MR) is 326 cm³/mol. The molecule has 0 fully saturated rings. The summed E-state index contributed by atoms with van der Waals surface area (Å²) < 4.78 is 32.5. The molecule has 4 aliphatic rings. The maximum absolute atomic E-state index is 6.70. The number of rotatable bonds is 6. The van der Waals surface area contributed by atoms with Crippen molar-refractivity contribution in [2.45, 2.75) is 78.6 Å². The molecular weight excluding hydrogens is 974 g/mol. The maximum atomic E-state index is 6.70. The molecule has 0 atom stereocenters. The van der Waals surface area contributed by atoms with Gasteiger partial charge < -0.3 is 38.1 Å². The van der Waals surface area contributed by atoms with E-state index < -0.39 is 0 Å². The summed E-state index contributed by atoms with van der Waals surface area (Å²) in [5.41, 5.74) is 18.2. The second-order valence-corrected chi connectivity index (χ2v) is 24.7. The highest BCUT2D eigenvalue weighted by molar-refractivity contribution is 7.00. The van der Waals surface area contributed by atoms with Crippen LogP contribution in [0, 0.1) is 0 Å². The van der Waals surface area contributed by atoms with Crippen LogP contribution in [0.2, 0.25) is 0 Å². The molecular formula is C70H64BN3O5. The van der Waals surface area contributed by atoms with Gasteiger partial charge in [0.25, 0.3) is 6.71 Å². The van der Waals surface area contributed by atoms with Crippen molar-refractivity contribution in [1.29, 1.82) is 0 Å². The summed E-state index contributed by atoms with van der Waals surface area (Å²) in [6.07, 6.45) is 0. The fraction of sp³-hybridized carbons (Fsp3) is 0.229. The number of furan rings is 1. The first-order valence-electron chi connectivity index (χ1n) is 27.8. The zero-order chi connectivity index (χ0) is 54.1. The van der Waals surface area contributed by atoms with Gasteiger partial charge in [-0.05, 0) is 151 Å². The first kappa shape index (κ1) is 48.8. The van der Waals surface area contributed by atoms with E-state index in [1.54, 1.807) is 0 Å². The molecule has 0 bridgehead atoms. The van der Waals surface area contributed by atoms with E-state index in [4.69, 9.17) is 23.4 Å². The summed E-state index contributed by atoms with van der Waals surface area (Å²) in [6.45, 7) is 22.4. The predicted octanol–water partition coefficient (Wildman–Crippen LogP) is 16.2. The van der Waals surface area contributed by atoms with E-state index in [0.717, 1.165) is 107 Å². The SMILES string of the molecule is CC(C)(C)c1ccc(N(c2cc3c4c(c2)N(c2cccc5c2OCCO5)c2ccc(C(C)(C)C)cc2B4c2cc(C(C)(C)C)ccc2N3c2cccc3c2OCCO3)c2ccc3cc(-c4cc5ccccc5o4)ccc3c2)cc1. The Bertz CT molecular complexity index is 3900. The molecule has 0 spiro atoms. The topological polar surface area (TPSA) is 59.8 Å². The largest absolute Gasteiger partial charge is 0.486 e. The first-order chi connectivity index (χ1) is 38.0. The van der Waals surface area contributed by atoms with Crippen LogP contribution in [0.5, 0.6) is 23.0 Å². The highest BCUT2D eigenvalue weighted by Crippen LogP contribution is 2.54. The fourth-order valence-electron chi connectivity index (χ4n) is 12.2. The van der Waals surface area contributed by atoms with Crippen molar-refractivity contribution < 1.29 is 23.4 Å². The van der Waals surface area contributed by atoms with E-state index in [0.29, 0.717) is 26.4 Å². The van der Waals surface area contributed by atoms with Crippen LogP contribution >= 0.6 is 0 Å². The molecule has 0 radical (unpaired) electrons. The van der Waals surface area contributed by atoms with Crippen molar-refractivity contribution in [2.75, 3.05) is 41.1 Å².